The van der Waals surface area contributed by atoms with Crippen LogP contribution in [0.25, 0.3) is 21.7 Å². The number of fused-ring (bicyclic) bond motifs is 1. The molecule has 0 amide bonds. The van der Waals surface area contributed by atoms with Gasteiger partial charge >= 0.3 is 0 Å². The maximum Gasteiger partial charge on any atom is 0.140 e. The van der Waals surface area contributed by atoms with Crippen molar-refractivity contribution in [2.45, 2.75) is 6.92 Å². The van der Waals surface area contributed by atoms with E-state index in [0.29, 0.717) is 0 Å². The number of H-pyrrole nitrogens is 1. The Morgan fingerprint density at radius 1 is 0.870 bits per heavy atom. The fourth-order valence-electron chi connectivity index (χ4n) is 3.49. The van der Waals surface area contributed by atoms with Gasteiger partial charge in [-0.3, -0.25) is 0 Å². The fourth-order valence-corrected chi connectivity index (χ4v) is 3.49. The third kappa shape index (κ3) is 1.73. The number of hydrogen-bond donors (Lipinski definition) is 2. The van der Waals surface area contributed by atoms with Gasteiger partial charge in [-0.05, 0) is 30.5 Å². The Morgan fingerprint density at radius 3 is 2.61 bits per heavy atom. The summed E-state index contributed by atoms with van der Waals surface area (Å²) in [5.74, 6) is 0.908. The van der Waals surface area contributed by atoms with E-state index in [1.165, 1.54) is 16.2 Å². The van der Waals surface area contributed by atoms with E-state index in [1.54, 1.807) is 0 Å². The molecule has 110 valence electrons. The van der Waals surface area contributed by atoms with Gasteiger partial charge in [0.2, 0.25) is 0 Å². The van der Waals surface area contributed by atoms with Gasteiger partial charge in [0.15, 0.2) is 0 Å². The van der Waals surface area contributed by atoms with E-state index in [2.05, 4.69) is 71.8 Å². The number of nitrogens with one attached hydrogen (secondary N) is 2. The minimum absolute atomic E-state index is 0.908. The molecule has 0 bridgehead atoms. The van der Waals surface area contributed by atoms with Crippen molar-refractivity contribution in [2.75, 3.05) is 5.32 Å². The lowest BCUT2D eigenvalue weighted by Crippen LogP contribution is -2.16. The number of amidine groups is 1. The van der Waals surface area contributed by atoms with Gasteiger partial charge in [-0.15, -0.1) is 0 Å². The fraction of sp³-hybridized carbons (Fsp3) is 0.0500. The Bertz CT molecular complexity index is 1100. The maximum absolute atomic E-state index is 4.90. The first-order valence-electron chi connectivity index (χ1n) is 7.76. The summed E-state index contributed by atoms with van der Waals surface area (Å²) in [5.41, 5.74) is 5.56. The van der Waals surface area contributed by atoms with Crippen molar-refractivity contribution < 1.29 is 0 Å². The van der Waals surface area contributed by atoms with Crippen molar-refractivity contribution in [1.29, 1.82) is 0 Å². The number of benzene rings is 3. The van der Waals surface area contributed by atoms with Gasteiger partial charge in [0, 0.05) is 33.2 Å². The lowest BCUT2D eigenvalue weighted by Gasteiger charge is -2.19. The molecule has 1 aromatic heterocycles. The monoisotopic (exact) mass is 297 g/mol. The molecule has 2 N–H and O–H groups in total. The first kappa shape index (κ1) is 12.5. The first-order valence-corrected chi connectivity index (χ1v) is 7.76. The zero-order chi connectivity index (χ0) is 15.4. The average molecular weight is 297 g/mol. The molecule has 3 nitrogen and oxygen atoms in total. The highest BCUT2D eigenvalue weighted by Gasteiger charge is 2.19. The minimum atomic E-state index is 0.908. The van der Waals surface area contributed by atoms with Gasteiger partial charge in [0.25, 0.3) is 0 Å². The summed E-state index contributed by atoms with van der Waals surface area (Å²) in [5, 5.41) is 7.13. The highest BCUT2D eigenvalue weighted by molar-refractivity contribution is 6.23. The second-order valence-corrected chi connectivity index (χ2v) is 5.94. The summed E-state index contributed by atoms with van der Waals surface area (Å²) in [6.07, 6.45) is 0. The van der Waals surface area contributed by atoms with Crippen molar-refractivity contribution in [1.82, 2.24) is 4.98 Å². The van der Waals surface area contributed by atoms with Crippen LogP contribution in [0.2, 0.25) is 0 Å². The molecule has 0 saturated carbocycles. The summed E-state index contributed by atoms with van der Waals surface area (Å²) in [7, 11) is 0. The third-order valence-corrected chi connectivity index (χ3v) is 4.50. The number of aromatic amines is 1. The Hall–Kier alpha value is -3.07. The summed E-state index contributed by atoms with van der Waals surface area (Å²) in [4.78, 5) is 8.35. The second-order valence-electron chi connectivity index (χ2n) is 5.94. The van der Waals surface area contributed by atoms with E-state index in [0.717, 1.165) is 34.0 Å². The molecule has 0 radical (unpaired) electrons. The molecular weight excluding hydrogens is 282 g/mol. The van der Waals surface area contributed by atoms with E-state index in [4.69, 9.17) is 4.99 Å². The van der Waals surface area contributed by atoms with Gasteiger partial charge < -0.3 is 10.3 Å². The largest absolute Gasteiger partial charge is 0.358 e. The number of aliphatic imine (C=N–C) groups is 1. The smallest absolute Gasteiger partial charge is 0.140 e. The SMILES string of the molecule is Cc1[nH]c2ccccc2c1C1=Nc2cccc3cccc(c23)N1. The molecule has 0 spiro atoms. The summed E-state index contributed by atoms with van der Waals surface area (Å²) in [6, 6.07) is 21.0. The predicted octanol–water partition coefficient (Wildman–Crippen LogP) is 5.13. The maximum atomic E-state index is 4.90. The molecule has 4 aromatic rings. The molecule has 5 rings (SSSR count). The molecule has 3 aromatic carbocycles. The second kappa shape index (κ2) is 4.46. The Kier molecular flexibility index (Phi) is 2.42. The van der Waals surface area contributed by atoms with E-state index >= 15 is 0 Å². The van der Waals surface area contributed by atoms with Crippen LogP contribution in [0, 0.1) is 6.92 Å². The van der Waals surface area contributed by atoms with Gasteiger partial charge in [0.05, 0.1) is 5.69 Å². The molecule has 0 aliphatic carbocycles. The Labute approximate surface area is 133 Å². The van der Waals surface area contributed by atoms with Crippen LogP contribution in [0.5, 0.6) is 0 Å². The highest BCUT2D eigenvalue weighted by atomic mass is 15.0. The molecule has 0 unspecified atom stereocenters. The Morgan fingerprint density at radius 2 is 1.70 bits per heavy atom. The first-order chi connectivity index (χ1) is 11.3. The zero-order valence-electron chi connectivity index (χ0n) is 12.7. The van der Waals surface area contributed by atoms with Crippen molar-refractivity contribution >= 4 is 38.9 Å². The lowest BCUT2D eigenvalue weighted by atomic mass is 10.0. The summed E-state index contributed by atoms with van der Waals surface area (Å²) < 4.78 is 0. The van der Waals surface area contributed by atoms with Crippen LogP contribution >= 0.6 is 0 Å². The van der Waals surface area contributed by atoms with Gasteiger partial charge in [-0.1, -0.05) is 42.5 Å². The lowest BCUT2D eigenvalue weighted by molar-refractivity contribution is 1.28. The number of aryl methyl sites for hydroxylation is 1. The molecule has 0 atom stereocenters. The number of aromatic nitrogens is 1. The molecule has 2 heterocycles. The van der Waals surface area contributed by atoms with E-state index < -0.39 is 0 Å². The zero-order valence-corrected chi connectivity index (χ0v) is 12.7. The van der Waals surface area contributed by atoms with Crippen molar-refractivity contribution in [3.63, 3.8) is 0 Å². The predicted molar refractivity (Wildman–Crippen MR) is 96.8 cm³/mol. The van der Waals surface area contributed by atoms with Gasteiger partial charge in [-0.25, -0.2) is 4.99 Å². The van der Waals surface area contributed by atoms with Crippen LogP contribution in [-0.2, 0) is 0 Å². The van der Waals surface area contributed by atoms with Gasteiger partial charge in [-0.2, -0.15) is 0 Å². The van der Waals surface area contributed by atoms with E-state index in [9.17, 15) is 0 Å². The number of nitrogens with zero attached hydrogens (tertiary/aromatic N) is 1. The number of rotatable bonds is 1. The van der Waals surface area contributed by atoms with Crippen LogP contribution in [0.4, 0.5) is 11.4 Å². The number of para-hydroxylation sites is 1. The van der Waals surface area contributed by atoms with Crippen molar-refractivity contribution in [3.8, 4) is 0 Å². The molecule has 1 aliphatic heterocycles. The third-order valence-electron chi connectivity index (χ3n) is 4.50. The molecule has 1 aliphatic rings. The van der Waals surface area contributed by atoms with E-state index in [-0.39, 0.29) is 0 Å². The summed E-state index contributed by atoms with van der Waals surface area (Å²) in [6.45, 7) is 2.10. The van der Waals surface area contributed by atoms with Crippen molar-refractivity contribution in [2.24, 2.45) is 4.99 Å². The highest BCUT2D eigenvalue weighted by Crippen LogP contribution is 2.37. The van der Waals surface area contributed by atoms with Crippen LogP contribution in [0.15, 0.2) is 65.7 Å². The number of hydrogen-bond acceptors (Lipinski definition) is 2. The Balaban J connectivity index is 1.80. The standard InChI is InChI=1S/C20H15N3/c1-12-18(14-8-2-3-9-15(14)21-12)20-22-16-10-4-6-13-7-5-11-17(23-20)19(13)16/h2-11,21H,1H3,(H,22,23). The number of anilines is 1. The average Bonchev–Trinajstić information content (AvgIpc) is 2.91. The van der Waals surface area contributed by atoms with Crippen LogP contribution in [0.1, 0.15) is 11.3 Å². The van der Waals surface area contributed by atoms with Crippen LogP contribution in [0.3, 0.4) is 0 Å². The summed E-state index contributed by atoms with van der Waals surface area (Å²) >= 11 is 0. The quantitative estimate of drug-likeness (QED) is 0.502. The normalized spacial score (nSPS) is 13.2. The molecule has 23 heavy (non-hydrogen) atoms. The molecule has 0 fully saturated rings. The molecular formula is C20H15N3. The minimum Gasteiger partial charge on any atom is -0.358 e. The molecule has 3 heteroatoms. The molecule has 0 saturated heterocycles. The van der Waals surface area contributed by atoms with Crippen molar-refractivity contribution in [3.05, 3.63) is 71.9 Å². The topological polar surface area (TPSA) is 40.2 Å². The van der Waals surface area contributed by atoms with Crippen LogP contribution < -0.4 is 5.32 Å². The van der Waals surface area contributed by atoms with Crippen LogP contribution in [-0.4, -0.2) is 10.8 Å². The van der Waals surface area contributed by atoms with E-state index in [1.807, 2.05) is 6.07 Å². The van der Waals surface area contributed by atoms with Gasteiger partial charge in [0.1, 0.15) is 5.84 Å².